The molecule has 1 atom stereocenters. The van der Waals surface area contributed by atoms with Gasteiger partial charge in [0, 0.05) is 0 Å². The Morgan fingerprint density at radius 2 is 1.79 bits per heavy atom. The standard InChI is InChI=1S/C22H24F3NO3/c1-2-29-19-8-6-15(7-9-19)20(26-12-10-16(11-13-26)21(27)28)17-4-3-5-18(14-17)22(23,24)25/h3-9,14,16,20H,2,10-13H2,1H3,(H,27,28). The summed E-state index contributed by atoms with van der Waals surface area (Å²) in [5.41, 5.74) is 0.700. The molecule has 1 heterocycles. The van der Waals surface area contributed by atoms with Crippen molar-refractivity contribution in [3.8, 4) is 5.75 Å². The van der Waals surface area contributed by atoms with Gasteiger partial charge in [-0.05, 0) is 68.2 Å². The van der Waals surface area contributed by atoms with E-state index in [2.05, 4.69) is 4.90 Å². The second-order valence-corrected chi connectivity index (χ2v) is 7.18. The predicted molar refractivity (Wildman–Crippen MR) is 103 cm³/mol. The number of piperidine rings is 1. The summed E-state index contributed by atoms with van der Waals surface area (Å²) in [6.07, 6.45) is -3.47. The number of aliphatic carboxylic acids is 1. The number of nitrogens with zero attached hydrogens (tertiary/aromatic N) is 1. The molecule has 2 aromatic rings. The van der Waals surface area contributed by atoms with Gasteiger partial charge >= 0.3 is 12.1 Å². The summed E-state index contributed by atoms with van der Waals surface area (Å²) < 4.78 is 45.2. The molecule has 0 radical (unpaired) electrons. The Labute approximate surface area is 167 Å². The summed E-state index contributed by atoms with van der Waals surface area (Å²) in [6, 6.07) is 12.3. The van der Waals surface area contributed by atoms with Crippen LogP contribution in [-0.4, -0.2) is 35.7 Å². The van der Waals surface area contributed by atoms with E-state index in [4.69, 9.17) is 4.74 Å². The summed E-state index contributed by atoms with van der Waals surface area (Å²) in [7, 11) is 0. The van der Waals surface area contributed by atoms with Crippen molar-refractivity contribution in [2.75, 3.05) is 19.7 Å². The van der Waals surface area contributed by atoms with Crippen molar-refractivity contribution in [3.05, 3.63) is 65.2 Å². The van der Waals surface area contributed by atoms with Crippen LogP contribution < -0.4 is 4.74 Å². The third kappa shape index (κ3) is 5.09. The summed E-state index contributed by atoms with van der Waals surface area (Å²) in [5, 5.41) is 9.25. The predicted octanol–water partition coefficient (Wildman–Crippen LogP) is 4.99. The average molecular weight is 407 g/mol. The molecule has 156 valence electrons. The molecule has 4 nitrogen and oxygen atoms in total. The second kappa shape index (κ2) is 8.86. The van der Waals surface area contributed by atoms with Crippen LogP contribution >= 0.6 is 0 Å². The number of carbonyl (C=O) groups is 1. The lowest BCUT2D eigenvalue weighted by atomic mass is 9.90. The molecule has 1 aliphatic rings. The number of hydrogen-bond acceptors (Lipinski definition) is 3. The van der Waals surface area contributed by atoms with Gasteiger partial charge in [-0.3, -0.25) is 9.69 Å². The first-order valence-corrected chi connectivity index (χ1v) is 9.66. The topological polar surface area (TPSA) is 49.8 Å². The monoisotopic (exact) mass is 407 g/mol. The molecule has 7 heteroatoms. The second-order valence-electron chi connectivity index (χ2n) is 7.18. The van der Waals surface area contributed by atoms with Gasteiger partial charge in [0.1, 0.15) is 5.75 Å². The number of alkyl halides is 3. The Hall–Kier alpha value is -2.54. The highest BCUT2D eigenvalue weighted by Crippen LogP contribution is 2.36. The first kappa shape index (κ1) is 21.2. The Morgan fingerprint density at radius 1 is 1.14 bits per heavy atom. The minimum absolute atomic E-state index is 0.386. The van der Waals surface area contributed by atoms with Gasteiger partial charge in [0.25, 0.3) is 0 Å². The first-order chi connectivity index (χ1) is 13.8. The van der Waals surface area contributed by atoms with Crippen molar-refractivity contribution >= 4 is 5.97 Å². The van der Waals surface area contributed by atoms with E-state index in [0.717, 1.165) is 11.6 Å². The Balaban J connectivity index is 1.95. The van der Waals surface area contributed by atoms with E-state index < -0.39 is 23.6 Å². The van der Waals surface area contributed by atoms with Crippen molar-refractivity contribution in [1.82, 2.24) is 4.90 Å². The summed E-state index contributed by atoms with van der Waals surface area (Å²) >= 11 is 0. The zero-order chi connectivity index (χ0) is 21.0. The molecule has 2 aromatic carbocycles. The molecule has 3 rings (SSSR count). The third-order valence-corrected chi connectivity index (χ3v) is 5.28. The summed E-state index contributed by atoms with van der Waals surface area (Å²) in [4.78, 5) is 13.3. The highest BCUT2D eigenvalue weighted by Gasteiger charge is 2.33. The number of carboxylic acid groups (broad SMARTS) is 1. The molecular formula is C22H24F3NO3. The largest absolute Gasteiger partial charge is 0.494 e. The number of benzene rings is 2. The van der Waals surface area contributed by atoms with Gasteiger partial charge < -0.3 is 9.84 Å². The first-order valence-electron chi connectivity index (χ1n) is 9.66. The quantitative estimate of drug-likeness (QED) is 0.733. The molecular weight excluding hydrogens is 383 g/mol. The maximum absolute atomic E-state index is 13.3. The molecule has 0 aromatic heterocycles. The Kier molecular flexibility index (Phi) is 6.47. The number of hydrogen-bond donors (Lipinski definition) is 1. The molecule has 1 unspecified atom stereocenters. The minimum atomic E-state index is -4.42. The number of rotatable bonds is 6. The van der Waals surface area contributed by atoms with Crippen LogP contribution in [-0.2, 0) is 11.0 Å². The maximum atomic E-state index is 13.3. The molecule has 1 saturated heterocycles. The van der Waals surface area contributed by atoms with Crippen molar-refractivity contribution in [2.45, 2.75) is 32.0 Å². The molecule has 1 fully saturated rings. The molecule has 0 aliphatic carbocycles. The molecule has 0 amide bonds. The minimum Gasteiger partial charge on any atom is -0.494 e. The van der Waals surface area contributed by atoms with Crippen molar-refractivity contribution in [3.63, 3.8) is 0 Å². The van der Waals surface area contributed by atoms with Crippen LogP contribution in [0.3, 0.4) is 0 Å². The van der Waals surface area contributed by atoms with Crippen LogP contribution in [0.2, 0.25) is 0 Å². The average Bonchev–Trinajstić information content (AvgIpc) is 2.70. The van der Waals surface area contributed by atoms with Crippen LogP contribution in [0, 0.1) is 5.92 Å². The van der Waals surface area contributed by atoms with Gasteiger partial charge in [-0.1, -0.05) is 24.3 Å². The fourth-order valence-electron chi connectivity index (χ4n) is 3.82. The van der Waals surface area contributed by atoms with Gasteiger partial charge in [-0.2, -0.15) is 13.2 Å². The van der Waals surface area contributed by atoms with Gasteiger partial charge in [0.15, 0.2) is 0 Å². The molecule has 1 aliphatic heterocycles. The van der Waals surface area contributed by atoms with E-state index in [1.54, 1.807) is 6.07 Å². The van der Waals surface area contributed by atoms with Crippen LogP contribution in [0.1, 0.15) is 42.5 Å². The molecule has 0 spiro atoms. The maximum Gasteiger partial charge on any atom is 0.416 e. The van der Waals surface area contributed by atoms with E-state index in [1.807, 2.05) is 31.2 Å². The third-order valence-electron chi connectivity index (χ3n) is 5.28. The lowest BCUT2D eigenvalue weighted by Gasteiger charge is -2.37. The molecule has 0 saturated carbocycles. The highest BCUT2D eigenvalue weighted by atomic mass is 19.4. The van der Waals surface area contributed by atoms with Crippen LogP contribution in [0.5, 0.6) is 5.75 Å². The summed E-state index contributed by atoms with van der Waals surface area (Å²) in [6.45, 7) is 3.42. The van der Waals surface area contributed by atoms with Gasteiger partial charge in [0.2, 0.25) is 0 Å². The van der Waals surface area contributed by atoms with Crippen molar-refractivity contribution in [1.29, 1.82) is 0 Å². The molecule has 1 N–H and O–H groups in total. The van der Waals surface area contributed by atoms with Crippen molar-refractivity contribution in [2.24, 2.45) is 5.92 Å². The zero-order valence-corrected chi connectivity index (χ0v) is 16.2. The number of carboxylic acids is 1. The van der Waals surface area contributed by atoms with Crippen molar-refractivity contribution < 1.29 is 27.8 Å². The van der Waals surface area contributed by atoms with Crippen LogP contribution in [0.4, 0.5) is 13.2 Å². The number of ether oxygens (including phenoxy) is 1. The van der Waals surface area contributed by atoms with Crippen LogP contribution in [0.25, 0.3) is 0 Å². The van der Waals surface area contributed by atoms with E-state index >= 15 is 0 Å². The SMILES string of the molecule is CCOc1ccc(C(c2cccc(C(F)(F)F)c2)N2CCC(C(=O)O)CC2)cc1. The fraction of sp³-hybridized carbons (Fsp3) is 0.409. The number of likely N-dealkylation sites (tertiary alicyclic amines) is 1. The molecule has 29 heavy (non-hydrogen) atoms. The Morgan fingerprint density at radius 3 is 2.34 bits per heavy atom. The smallest absolute Gasteiger partial charge is 0.416 e. The van der Waals surface area contributed by atoms with E-state index in [-0.39, 0.29) is 6.04 Å². The Bertz CT molecular complexity index is 828. The van der Waals surface area contributed by atoms with E-state index in [1.165, 1.54) is 12.1 Å². The summed E-state index contributed by atoms with van der Waals surface area (Å²) in [5.74, 6) is -0.529. The van der Waals surface area contributed by atoms with E-state index in [0.29, 0.717) is 43.9 Å². The lowest BCUT2D eigenvalue weighted by molar-refractivity contribution is -0.143. The van der Waals surface area contributed by atoms with E-state index in [9.17, 15) is 23.1 Å². The lowest BCUT2D eigenvalue weighted by Crippen LogP contribution is -2.39. The van der Waals surface area contributed by atoms with Gasteiger partial charge in [-0.15, -0.1) is 0 Å². The zero-order valence-electron chi connectivity index (χ0n) is 16.2. The van der Waals surface area contributed by atoms with Crippen LogP contribution in [0.15, 0.2) is 48.5 Å². The fourth-order valence-corrected chi connectivity index (χ4v) is 3.82. The number of halogens is 3. The van der Waals surface area contributed by atoms with Gasteiger partial charge in [0.05, 0.1) is 24.1 Å². The van der Waals surface area contributed by atoms with Gasteiger partial charge in [-0.25, -0.2) is 0 Å². The normalized spacial score (nSPS) is 17.1. The molecule has 0 bridgehead atoms. The highest BCUT2D eigenvalue weighted by molar-refractivity contribution is 5.70.